The quantitative estimate of drug-likeness (QED) is 0.0247. The monoisotopic (exact) mass is 1110 g/mol. The van der Waals surface area contributed by atoms with Crippen molar-refractivity contribution in [1.29, 1.82) is 0 Å². The van der Waals surface area contributed by atoms with Crippen LogP contribution in [0.2, 0.25) is 0 Å². The van der Waals surface area contributed by atoms with Crippen LogP contribution in [0.5, 0.6) is 0 Å². The average Bonchev–Trinajstić information content (AvgIpc) is 4.23. The minimum Gasteiger partial charge on any atom is -0.657 e. The normalized spacial score (nSPS) is 16.1. The summed E-state index contributed by atoms with van der Waals surface area (Å²) in [4.78, 5) is 73.5. The zero-order valence-corrected chi connectivity index (χ0v) is 51.7. The van der Waals surface area contributed by atoms with Crippen LogP contribution in [-0.4, -0.2) is 54.4 Å². The largest absolute Gasteiger partial charge is 2.00 e. The number of allylic oxidation sites excluding steroid dienone is 2. The van der Waals surface area contributed by atoms with Crippen molar-refractivity contribution in [2.45, 2.75) is 169 Å². The van der Waals surface area contributed by atoms with Crippen LogP contribution in [0.4, 0.5) is 0 Å². The maximum absolute atomic E-state index is 14.7. The smallest absolute Gasteiger partial charge is 0.657 e. The van der Waals surface area contributed by atoms with Crippen LogP contribution in [0.3, 0.4) is 0 Å². The number of unbranched alkanes of at least 4 members (excludes halogenated alkanes) is 4. The van der Waals surface area contributed by atoms with E-state index in [1.165, 1.54) is 30.2 Å². The second kappa shape index (κ2) is 25.3. The molecule has 5 heterocycles. The van der Waals surface area contributed by atoms with Crippen molar-refractivity contribution >= 4 is 69.0 Å². The fraction of sp³-hybridized carbons (Fsp3) is 0.433. The number of aryl methyl sites for hydroxylation is 3. The van der Waals surface area contributed by atoms with Crippen LogP contribution < -0.4 is 15.3 Å². The molecule has 1 N–H and O–H groups in total. The molecule has 12 heteroatoms. The van der Waals surface area contributed by atoms with Crippen LogP contribution in [0.1, 0.15) is 224 Å². The predicted octanol–water partition coefficient (Wildman–Crippen LogP) is 14.4. The van der Waals surface area contributed by atoms with E-state index >= 15 is 0 Å². The molecular formula is C67H79N5O6Zn. The Morgan fingerprint density at radius 1 is 0.810 bits per heavy atom. The molecular weight excluding hydrogens is 1040 g/mol. The number of hydrogen-bond acceptors (Lipinski definition) is 8. The Bertz CT molecular complexity index is 3390. The second-order valence-electron chi connectivity index (χ2n) is 23.1. The van der Waals surface area contributed by atoms with Crippen molar-refractivity contribution < 1.29 is 48.1 Å². The van der Waals surface area contributed by atoms with E-state index < -0.39 is 5.97 Å². The molecule has 0 saturated carbocycles. The maximum Gasteiger partial charge on any atom is 2.00 e. The number of nitrogens with one attached hydrogen (secondary N) is 1. The molecule has 0 radical (unpaired) electrons. The van der Waals surface area contributed by atoms with Crippen molar-refractivity contribution in [2.24, 2.45) is 0 Å². The molecule has 0 fully saturated rings. The number of carbonyl (C=O) groups excluding carboxylic acids is 4. The standard InChI is InChI=1S/C67H80N5O6.Zn/c1-14-47-41(5)54-35-56-43(7)49(22-21-31-78-38-73)63(71-56)51(34-61(75)77-13)64-62(44(8)57(72-64)37-59-48(15-2)42(6)55(70-59)36-58(47)69-54)65(76)68-30-20-18-16-17-19-23-60(74)46-26-24-45(25-27-46)40(4)50-33-53-52(32-39(50)3)66(9,10)28-29-67(53,11)12;/h14,24-27,32-33,35-38,43,49H,1,4,15-23,28-31,34H2,2-3,5-13H3,(H2-,68,69,70,71,72,76);/q-1;+2/p-1/t43-,49-;/m0./s1. The third-order valence-corrected chi connectivity index (χ3v) is 17.1. The average molecular weight is 1120 g/mol. The number of aromatic nitrogens is 4. The minimum atomic E-state index is -0.491. The number of amides is 1. The van der Waals surface area contributed by atoms with Gasteiger partial charge in [0.25, 0.3) is 6.47 Å². The Hall–Kier alpha value is -6.52. The summed E-state index contributed by atoms with van der Waals surface area (Å²) in [5.74, 6) is -0.998. The summed E-state index contributed by atoms with van der Waals surface area (Å²) >= 11 is 0. The number of nitrogens with zero attached hydrogens (tertiary/aromatic N) is 4. The van der Waals surface area contributed by atoms with E-state index in [1.54, 1.807) is 0 Å². The van der Waals surface area contributed by atoms with Gasteiger partial charge in [-0.2, -0.15) is 0 Å². The summed E-state index contributed by atoms with van der Waals surface area (Å²) in [6, 6.07) is 18.6. The number of rotatable bonds is 21. The molecule has 11 nitrogen and oxygen atoms in total. The van der Waals surface area contributed by atoms with Gasteiger partial charge in [0, 0.05) is 47.3 Å². The molecule has 3 aliphatic rings. The van der Waals surface area contributed by atoms with Crippen LogP contribution in [-0.2, 0) is 55.8 Å². The van der Waals surface area contributed by atoms with Gasteiger partial charge in [-0.05, 0) is 139 Å². The van der Waals surface area contributed by atoms with Gasteiger partial charge >= 0.3 is 25.4 Å². The number of esters is 1. The van der Waals surface area contributed by atoms with Crippen molar-refractivity contribution in [3.8, 4) is 0 Å². The van der Waals surface area contributed by atoms with Gasteiger partial charge in [0.2, 0.25) is 5.91 Å². The first kappa shape index (κ1) is 60.1. The molecule has 8 bridgehead atoms. The first-order valence-corrected chi connectivity index (χ1v) is 28.1. The van der Waals surface area contributed by atoms with Crippen molar-refractivity contribution in [3.05, 3.63) is 152 Å². The molecule has 0 saturated heterocycles. The van der Waals surface area contributed by atoms with E-state index in [-0.39, 0.29) is 66.9 Å². The van der Waals surface area contributed by atoms with Crippen molar-refractivity contribution in [3.63, 3.8) is 0 Å². The molecule has 79 heavy (non-hydrogen) atoms. The van der Waals surface area contributed by atoms with Crippen LogP contribution >= 0.6 is 0 Å². The summed E-state index contributed by atoms with van der Waals surface area (Å²) in [6.07, 6.45) is 10.5. The topological polar surface area (TPSA) is 153 Å². The van der Waals surface area contributed by atoms with Crippen molar-refractivity contribution in [2.75, 3.05) is 20.3 Å². The minimum absolute atomic E-state index is 0. The zero-order chi connectivity index (χ0) is 56.2. The first-order chi connectivity index (χ1) is 37.2. The zero-order valence-electron chi connectivity index (χ0n) is 48.8. The van der Waals surface area contributed by atoms with E-state index in [0.29, 0.717) is 71.3 Å². The fourth-order valence-corrected chi connectivity index (χ4v) is 12.0. The number of fused-ring (bicyclic) bond motifs is 9. The number of Topliss-reactive ketones (excluding diaryl/α,β-unsaturated/α-hetero) is 1. The van der Waals surface area contributed by atoms with E-state index in [1.807, 2.05) is 62.4 Å². The molecule has 410 valence electrons. The van der Waals surface area contributed by atoms with E-state index in [9.17, 15) is 19.2 Å². The van der Waals surface area contributed by atoms with E-state index in [0.717, 1.165) is 112 Å². The molecule has 1 amide bonds. The third kappa shape index (κ3) is 12.6. The summed E-state index contributed by atoms with van der Waals surface area (Å²) < 4.78 is 10.4. The number of hydrogen-bond donors (Lipinski definition) is 1. The number of methoxy groups -OCH3 is 1. The molecule has 0 unspecified atom stereocenters. The number of ether oxygens (including phenoxy) is 2. The Kier molecular flexibility index (Phi) is 19.3. The van der Waals surface area contributed by atoms with Gasteiger partial charge in [0.1, 0.15) is 0 Å². The van der Waals surface area contributed by atoms with Gasteiger partial charge in [0.15, 0.2) is 5.78 Å². The van der Waals surface area contributed by atoms with Crippen LogP contribution in [0.15, 0.2) is 67.8 Å². The maximum atomic E-state index is 14.7. The number of ketones is 1. The fourth-order valence-electron chi connectivity index (χ4n) is 12.0. The molecule has 2 aromatic carbocycles. The third-order valence-electron chi connectivity index (χ3n) is 17.1. The van der Waals surface area contributed by atoms with Crippen LogP contribution in [0, 0.1) is 20.8 Å². The van der Waals surface area contributed by atoms with E-state index in [4.69, 9.17) is 29.4 Å². The Balaban J connectivity index is 0.00000903. The van der Waals surface area contributed by atoms with E-state index in [2.05, 4.69) is 86.0 Å². The SMILES string of the molecule is C=Cc1c(C)c2cc3nc(c(CC(=O)OC)c4[n-]c(cc5nc(cc1[n-]2)C(C)=C5CC)c(C)c4C(=O)NCCCCCCCC(=O)c1ccc(C(=C)c2cc4c(cc2C)C(C)(C)CCC4(C)C)cc1)[C@@H](CCCOC=O)[C@@H]3C.[Zn+2]. The van der Waals surface area contributed by atoms with Gasteiger partial charge in [-0.1, -0.05) is 146 Å². The molecule has 3 aromatic heterocycles. The summed E-state index contributed by atoms with van der Waals surface area (Å²) in [5.41, 5.74) is 19.1. The number of carbonyl (C=O) groups is 4. The Morgan fingerprint density at radius 3 is 2.13 bits per heavy atom. The van der Waals surface area contributed by atoms with Gasteiger partial charge in [0.05, 0.1) is 31.5 Å². The van der Waals surface area contributed by atoms with Crippen molar-refractivity contribution in [1.82, 2.24) is 25.3 Å². The molecule has 1 aliphatic carbocycles. The summed E-state index contributed by atoms with van der Waals surface area (Å²) in [5, 5.41) is 3.19. The Labute approximate surface area is 480 Å². The summed E-state index contributed by atoms with van der Waals surface area (Å²) in [7, 11) is 1.35. The predicted molar refractivity (Wildman–Crippen MR) is 315 cm³/mol. The molecule has 0 spiro atoms. The van der Waals surface area contributed by atoms with Gasteiger partial charge in [-0.3, -0.25) is 24.2 Å². The Morgan fingerprint density at radius 2 is 1.46 bits per heavy atom. The molecule has 5 aromatic rings. The first-order valence-electron chi connectivity index (χ1n) is 28.1. The van der Waals surface area contributed by atoms with Gasteiger partial charge in [-0.15, -0.1) is 22.1 Å². The molecule has 2 atom stereocenters. The molecule has 2 aliphatic heterocycles. The second-order valence-corrected chi connectivity index (χ2v) is 23.1. The van der Waals surface area contributed by atoms with Gasteiger partial charge < -0.3 is 24.8 Å². The van der Waals surface area contributed by atoms with Gasteiger partial charge in [-0.25, -0.2) is 4.98 Å². The van der Waals surface area contributed by atoms with Crippen LogP contribution in [0.25, 0.3) is 44.9 Å². The summed E-state index contributed by atoms with van der Waals surface area (Å²) in [6.45, 7) is 31.5. The molecule has 8 rings (SSSR count). The number of benzene rings is 2.